The van der Waals surface area contributed by atoms with E-state index in [-0.39, 0.29) is 5.91 Å². The van der Waals surface area contributed by atoms with Gasteiger partial charge in [0.2, 0.25) is 5.91 Å². The number of nitriles is 1. The normalized spacial score (nSPS) is 16.6. The van der Waals surface area contributed by atoms with Gasteiger partial charge in [0.1, 0.15) is 0 Å². The Labute approximate surface area is 115 Å². The predicted octanol–water partition coefficient (Wildman–Crippen LogP) is -0.330. The maximum absolute atomic E-state index is 12.2. The van der Waals surface area contributed by atoms with Crippen molar-refractivity contribution in [1.29, 1.82) is 5.26 Å². The fraction of sp³-hybridized carbons (Fsp3) is 0.846. The second kappa shape index (κ2) is 9.73. The van der Waals surface area contributed by atoms with E-state index in [9.17, 15) is 4.79 Å². The summed E-state index contributed by atoms with van der Waals surface area (Å²) in [5.41, 5.74) is 0. The van der Waals surface area contributed by atoms with Crippen molar-refractivity contribution in [3.63, 3.8) is 0 Å². The molecule has 1 aliphatic rings. The van der Waals surface area contributed by atoms with Gasteiger partial charge >= 0.3 is 0 Å². The molecule has 1 N–H and O–H groups in total. The first-order chi connectivity index (χ1) is 9.27. The Morgan fingerprint density at radius 3 is 3.00 bits per heavy atom. The number of nitrogens with zero attached hydrogens (tertiary/aromatic N) is 3. The first-order valence-electron chi connectivity index (χ1n) is 6.84. The Morgan fingerprint density at radius 2 is 2.26 bits per heavy atom. The topological polar surface area (TPSA) is 68.6 Å². The molecule has 0 atom stereocenters. The molecule has 19 heavy (non-hydrogen) atoms. The molecule has 6 heteroatoms. The number of carbonyl (C=O) groups is 1. The van der Waals surface area contributed by atoms with Crippen molar-refractivity contribution in [1.82, 2.24) is 15.1 Å². The molecular weight excluding hydrogens is 244 g/mol. The molecule has 0 spiro atoms. The smallest absolute Gasteiger partial charge is 0.236 e. The molecule has 1 heterocycles. The standard InChI is InChI=1S/C13H24N4O2/c1-19-11-10-17(8-2-4-14)13(18)12-16-7-3-5-15-6-9-16/h15H,2-3,5-12H2,1H3. The van der Waals surface area contributed by atoms with Crippen molar-refractivity contribution in [3.05, 3.63) is 0 Å². The van der Waals surface area contributed by atoms with E-state index in [0.717, 1.165) is 32.6 Å². The van der Waals surface area contributed by atoms with Gasteiger partial charge in [0, 0.05) is 33.3 Å². The Bertz CT molecular complexity index is 296. The molecule has 6 nitrogen and oxygen atoms in total. The Kier molecular flexibility index (Phi) is 8.14. The summed E-state index contributed by atoms with van der Waals surface area (Å²) in [6.45, 7) is 5.82. The first-order valence-corrected chi connectivity index (χ1v) is 6.84. The second-order valence-corrected chi connectivity index (χ2v) is 4.66. The number of carbonyl (C=O) groups excluding carboxylic acids is 1. The van der Waals surface area contributed by atoms with Gasteiger partial charge < -0.3 is 15.0 Å². The van der Waals surface area contributed by atoms with Gasteiger partial charge in [-0.15, -0.1) is 0 Å². The van der Waals surface area contributed by atoms with Gasteiger partial charge in [-0.1, -0.05) is 0 Å². The number of ether oxygens (including phenoxy) is 1. The van der Waals surface area contributed by atoms with Gasteiger partial charge in [-0.25, -0.2) is 0 Å². The minimum atomic E-state index is 0.0919. The monoisotopic (exact) mass is 268 g/mol. The van der Waals surface area contributed by atoms with Crippen LogP contribution in [0.5, 0.6) is 0 Å². The molecule has 108 valence electrons. The van der Waals surface area contributed by atoms with Crippen LogP contribution in [0.4, 0.5) is 0 Å². The van der Waals surface area contributed by atoms with Crippen LogP contribution in [0.25, 0.3) is 0 Å². The molecule has 0 aliphatic carbocycles. The van der Waals surface area contributed by atoms with Crippen LogP contribution in [-0.4, -0.2) is 75.2 Å². The molecule has 0 radical (unpaired) electrons. The number of nitrogens with one attached hydrogen (secondary N) is 1. The fourth-order valence-corrected chi connectivity index (χ4v) is 2.10. The lowest BCUT2D eigenvalue weighted by atomic mass is 10.3. The molecule has 0 aromatic carbocycles. The van der Waals surface area contributed by atoms with Crippen molar-refractivity contribution in [2.45, 2.75) is 12.8 Å². The van der Waals surface area contributed by atoms with Crippen molar-refractivity contribution < 1.29 is 9.53 Å². The number of amides is 1. The van der Waals surface area contributed by atoms with E-state index in [4.69, 9.17) is 10.00 Å². The summed E-state index contributed by atoms with van der Waals surface area (Å²) in [6, 6.07) is 2.08. The second-order valence-electron chi connectivity index (χ2n) is 4.66. The molecule has 0 aromatic rings. The molecule has 1 amide bonds. The van der Waals surface area contributed by atoms with Crippen LogP contribution in [0.2, 0.25) is 0 Å². The summed E-state index contributed by atoms with van der Waals surface area (Å²) < 4.78 is 5.01. The molecule has 1 aliphatic heterocycles. The van der Waals surface area contributed by atoms with E-state index in [0.29, 0.717) is 32.7 Å². The minimum Gasteiger partial charge on any atom is -0.383 e. The molecular formula is C13H24N4O2. The largest absolute Gasteiger partial charge is 0.383 e. The number of hydrogen-bond acceptors (Lipinski definition) is 5. The molecule has 0 saturated carbocycles. The molecule has 1 fully saturated rings. The van der Waals surface area contributed by atoms with Crippen LogP contribution in [0, 0.1) is 11.3 Å². The van der Waals surface area contributed by atoms with E-state index in [1.807, 2.05) is 0 Å². The van der Waals surface area contributed by atoms with Crippen molar-refractivity contribution in [2.24, 2.45) is 0 Å². The molecule has 1 saturated heterocycles. The highest BCUT2D eigenvalue weighted by Crippen LogP contribution is 1.99. The maximum atomic E-state index is 12.2. The van der Waals surface area contributed by atoms with Crippen LogP contribution >= 0.6 is 0 Å². The Hall–Kier alpha value is -1.16. The lowest BCUT2D eigenvalue weighted by Gasteiger charge is -2.25. The Balaban J connectivity index is 2.42. The van der Waals surface area contributed by atoms with Crippen LogP contribution in [0.1, 0.15) is 12.8 Å². The zero-order chi connectivity index (χ0) is 13.9. The highest BCUT2D eigenvalue weighted by atomic mass is 16.5. The van der Waals surface area contributed by atoms with Crippen LogP contribution in [-0.2, 0) is 9.53 Å². The van der Waals surface area contributed by atoms with Crippen molar-refractivity contribution >= 4 is 5.91 Å². The van der Waals surface area contributed by atoms with Gasteiger partial charge in [-0.2, -0.15) is 5.26 Å². The van der Waals surface area contributed by atoms with E-state index in [1.54, 1.807) is 12.0 Å². The molecule has 1 rings (SSSR count). The summed E-state index contributed by atoms with van der Waals surface area (Å²) in [6.07, 6.45) is 1.44. The minimum absolute atomic E-state index is 0.0919. The fourth-order valence-electron chi connectivity index (χ4n) is 2.10. The quantitative estimate of drug-likeness (QED) is 0.685. The average molecular weight is 268 g/mol. The molecule has 0 bridgehead atoms. The third kappa shape index (κ3) is 6.53. The Morgan fingerprint density at radius 1 is 1.42 bits per heavy atom. The van der Waals surface area contributed by atoms with Crippen molar-refractivity contribution in [2.75, 3.05) is 59.5 Å². The molecule has 0 unspecified atom stereocenters. The molecule has 0 aromatic heterocycles. The highest BCUT2D eigenvalue weighted by Gasteiger charge is 2.17. The van der Waals surface area contributed by atoms with Gasteiger partial charge in [0.05, 0.1) is 25.6 Å². The van der Waals surface area contributed by atoms with E-state index >= 15 is 0 Å². The van der Waals surface area contributed by atoms with Crippen molar-refractivity contribution in [3.8, 4) is 6.07 Å². The van der Waals surface area contributed by atoms with E-state index in [2.05, 4.69) is 16.3 Å². The summed E-state index contributed by atoms with van der Waals surface area (Å²) in [5.74, 6) is 0.0919. The third-order valence-electron chi connectivity index (χ3n) is 3.20. The summed E-state index contributed by atoms with van der Waals surface area (Å²) in [7, 11) is 1.62. The number of rotatable bonds is 7. The van der Waals surface area contributed by atoms with Crippen LogP contribution in [0.3, 0.4) is 0 Å². The highest BCUT2D eigenvalue weighted by molar-refractivity contribution is 5.78. The number of methoxy groups -OCH3 is 1. The third-order valence-corrected chi connectivity index (χ3v) is 3.20. The van der Waals surface area contributed by atoms with Gasteiger partial charge in [-0.05, 0) is 19.5 Å². The summed E-state index contributed by atoms with van der Waals surface area (Å²) in [4.78, 5) is 16.1. The average Bonchev–Trinajstić information content (AvgIpc) is 2.67. The van der Waals surface area contributed by atoms with E-state index < -0.39 is 0 Å². The first kappa shape index (κ1) is 15.9. The summed E-state index contributed by atoms with van der Waals surface area (Å²) in [5, 5.41) is 12.0. The maximum Gasteiger partial charge on any atom is 0.236 e. The summed E-state index contributed by atoms with van der Waals surface area (Å²) >= 11 is 0. The number of hydrogen-bond donors (Lipinski definition) is 1. The van der Waals surface area contributed by atoms with Crippen LogP contribution in [0.15, 0.2) is 0 Å². The van der Waals surface area contributed by atoms with Crippen LogP contribution < -0.4 is 5.32 Å². The lowest BCUT2D eigenvalue weighted by molar-refractivity contribution is -0.133. The van der Waals surface area contributed by atoms with Gasteiger partial charge in [-0.3, -0.25) is 9.69 Å². The van der Waals surface area contributed by atoms with E-state index in [1.165, 1.54) is 0 Å². The van der Waals surface area contributed by atoms with Gasteiger partial charge in [0.25, 0.3) is 0 Å². The lowest BCUT2D eigenvalue weighted by Crippen LogP contribution is -2.43. The predicted molar refractivity (Wildman–Crippen MR) is 72.6 cm³/mol. The zero-order valence-corrected chi connectivity index (χ0v) is 11.7. The SMILES string of the molecule is COCCN(CCC#N)C(=O)CN1CCCNCC1. The zero-order valence-electron chi connectivity index (χ0n) is 11.7. The van der Waals surface area contributed by atoms with Gasteiger partial charge in [0.15, 0.2) is 0 Å².